The van der Waals surface area contributed by atoms with E-state index in [0.29, 0.717) is 5.92 Å². The molecule has 0 fully saturated rings. The summed E-state index contributed by atoms with van der Waals surface area (Å²) in [5, 5.41) is 18.2. The lowest BCUT2D eigenvalue weighted by Gasteiger charge is -2.45. The first-order valence-corrected chi connectivity index (χ1v) is 13.8. The van der Waals surface area contributed by atoms with Gasteiger partial charge < -0.3 is 14.1 Å². The van der Waals surface area contributed by atoms with Crippen LogP contribution in [0.2, 0.25) is 0 Å². The molecule has 4 heteroatoms. The van der Waals surface area contributed by atoms with Crippen molar-refractivity contribution >= 4 is 56.1 Å². The van der Waals surface area contributed by atoms with Crippen LogP contribution in [-0.2, 0) is 4.65 Å². The van der Waals surface area contributed by atoms with E-state index in [1.807, 2.05) is 24.3 Å². The predicted octanol–water partition coefficient (Wildman–Crippen LogP) is 8.72. The zero-order valence-electron chi connectivity index (χ0n) is 23.6. The maximum Gasteiger partial charge on any atom is 0.492 e. The Morgan fingerprint density at radius 1 is 0.718 bits per heavy atom. The van der Waals surface area contributed by atoms with E-state index in [4.69, 9.17) is 9.07 Å². The van der Waals surface area contributed by atoms with Crippen molar-refractivity contribution in [2.24, 2.45) is 11.3 Å². The van der Waals surface area contributed by atoms with Crippen molar-refractivity contribution in [3.8, 4) is 11.1 Å². The second kappa shape index (κ2) is 9.26. The van der Waals surface area contributed by atoms with Gasteiger partial charge in [0.15, 0.2) is 0 Å². The number of hydrogen-bond acceptors (Lipinski definition) is 3. The summed E-state index contributed by atoms with van der Waals surface area (Å²) in [7, 11) is -1.09. The standard InChI is InChI=1S/C35H35BO3/c1-22(2)34(3,4)35(5,6)39-36(37)30-16-11-17-32-33(30)29-21-24(18-19-31(29)38-32)28-20-23-12-7-8-13-25(23)26-14-9-10-15-27(26)28/h7-22,37H,1-6H3. The number of fused-ring (bicyclic) bond motifs is 6. The third-order valence-electron chi connectivity index (χ3n) is 9.27. The summed E-state index contributed by atoms with van der Waals surface area (Å²) >= 11 is 0. The first-order chi connectivity index (χ1) is 18.6. The number of furan rings is 1. The summed E-state index contributed by atoms with van der Waals surface area (Å²) in [6, 6.07) is 31.6. The van der Waals surface area contributed by atoms with E-state index in [0.717, 1.165) is 33.0 Å². The second-order valence-corrected chi connectivity index (χ2v) is 12.1. The molecule has 0 aliphatic heterocycles. The molecule has 6 aromatic rings. The summed E-state index contributed by atoms with van der Waals surface area (Å²) in [5.41, 5.74) is 3.84. The van der Waals surface area contributed by atoms with Gasteiger partial charge in [0.1, 0.15) is 11.2 Å². The van der Waals surface area contributed by atoms with Crippen LogP contribution in [0.25, 0.3) is 54.6 Å². The van der Waals surface area contributed by atoms with Crippen molar-refractivity contribution in [1.82, 2.24) is 0 Å². The smallest absolute Gasteiger partial charge is 0.456 e. The van der Waals surface area contributed by atoms with Crippen LogP contribution in [0.15, 0.2) is 95.4 Å². The Hall–Kier alpha value is -3.60. The van der Waals surface area contributed by atoms with Gasteiger partial charge in [0.05, 0.1) is 5.60 Å². The second-order valence-electron chi connectivity index (χ2n) is 12.1. The average molecular weight is 514 g/mol. The van der Waals surface area contributed by atoms with E-state index in [-0.39, 0.29) is 5.41 Å². The number of benzene rings is 5. The molecule has 0 saturated heterocycles. The molecule has 1 heterocycles. The highest BCUT2D eigenvalue weighted by Crippen LogP contribution is 2.41. The summed E-state index contributed by atoms with van der Waals surface area (Å²) in [5.74, 6) is 0.379. The van der Waals surface area contributed by atoms with Gasteiger partial charge in [-0.15, -0.1) is 0 Å². The van der Waals surface area contributed by atoms with Crippen molar-refractivity contribution in [3.63, 3.8) is 0 Å². The summed E-state index contributed by atoms with van der Waals surface area (Å²) < 4.78 is 12.7. The van der Waals surface area contributed by atoms with E-state index < -0.39 is 12.7 Å². The molecule has 0 atom stereocenters. The molecular formula is C35H35BO3. The highest BCUT2D eigenvalue weighted by molar-refractivity contribution is 6.64. The van der Waals surface area contributed by atoms with Gasteiger partial charge in [0.2, 0.25) is 0 Å². The molecule has 0 unspecified atom stereocenters. The molecule has 0 aliphatic rings. The normalized spacial score (nSPS) is 12.8. The van der Waals surface area contributed by atoms with Crippen LogP contribution in [0.4, 0.5) is 0 Å². The van der Waals surface area contributed by atoms with Crippen LogP contribution in [0.3, 0.4) is 0 Å². The van der Waals surface area contributed by atoms with E-state index >= 15 is 0 Å². The molecule has 196 valence electrons. The van der Waals surface area contributed by atoms with Crippen molar-refractivity contribution in [2.75, 3.05) is 0 Å². The highest BCUT2D eigenvalue weighted by atomic mass is 16.5. The first kappa shape index (κ1) is 25.7. The Kier molecular flexibility index (Phi) is 6.09. The van der Waals surface area contributed by atoms with Gasteiger partial charge in [-0.2, -0.15) is 0 Å². The highest BCUT2D eigenvalue weighted by Gasteiger charge is 2.43. The third-order valence-corrected chi connectivity index (χ3v) is 9.27. The van der Waals surface area contributed by atoms with E-state index in [1.54, 1.807) is 0 Å². The number of hydrogen-bond donors (Lipinski definition) is 1. The van der Waals surface area contributed by atoms with Gasteiger partial charge in [-0.1, -0.05) is 94.4 Å². The lowest BCUT2D eigenvalue weighted by Crippen LogP contribution is -2.51. The largest absolute Gasteiger partial charge is 0.492 e. The molecule has 39 heavy (non-hydrogen) atoms. The molecular weight excluding hydrogens is 479 g/mol. The molecule has 0 aliphatic carbocycles. The van der Waals surface area contributed by atoms with Crippen LogP contribution in [0.1, 0.15) is 41.5 Å². The third kappa shape index (κ3) is 4.14. The van der Waals surface area contributed by atoms with Crippen LogP contribution in [-0.4, -0.2) is 17.7 Å². The fourth-order valence-electron chi connectivity index (χ4n) is 5.71. The molecule has 0 saturated carbocycles. The van der Waals surface area contributed by atoms with Crippen LogP contribution < -0.4 is 5.46 Å². The SMILES string of the molecule is CC(C)C(C)(C)C(C)(C)OB(O)c1cccc2oc3ccc(-c4cc5ccccc5c5ccccc45)cc3c12. The first-order valence-electron chi connectivity index (χ1n) is 13.8. The molecule has 0 spiro atoms. The van der Waals surface area contributed by atoms with Gasteiger partial charge in [0.25, 0.3) is 0 Å². The Balaban J connectivity index is 1.52. The van der Waals surface area contributed by atoms with Gasteiger partial charge in [-0.25, -0.2) is 0 Å². The maximum absolute atomic E-state index is 11.5. The Bertz CT molecular complexity index is 1840. The molecule has 0 amide bonds. The Morgan fingerprint density at radius 2 is 1.41 bits per heavy atom. The van der Waals surface area contributed by atoms with Crippen molar-refractivity contribution in [2.45, 2.75) is 47.1 Å². The van der Waals surface area contributed by atoms with Crippen LogP contribution in [0, 0.1) is 11.3 Å². The van der Waals surface area contributed by atoms with Crippen molar-refractivity contribution < 1.29 is 14.1 Å². The molecule has 0 radical (unpaired) electrons. The summed E-state index contributed by atoms with van der Waals surface area (Å²) in [4.78, 5) is 0. The lowest BCUT2D eigenvalue weighted by molar-refractivity contribution is -0.0497. The monoisotopic (exact) mass is 514 g/mol. The topological polar surface area (TPSA) is 42.6 Å². The van der Waals surface area contributed by atoms with E-state index in [1.165, 1.54) is 27.1 Å². The fourth-order valence-corrected chi connectivity index (χ4v) is 5.71. The van der Waals surface area contributed by atoms with E-state index in [9.17, 15) is 5.02 Å². The molecule has 3 nitrogen and oxygen atoms in total. The van der Waals surface area contributed by atoms with Crippen molar-refractivity contribution in [3.05, 3.63) is 91.0 Å². The van der Waals surface area contributed by atoms with Gasteiger partial charge in [0, 0.05) is 10.8 Å². The predicted molar refractivity (Wildman–Crippen MR) is 166 cm³/mol. The minimum Gasteiger partial charge on any atom is -0.456 e. The van der Waals surface area contributed by atoms with E-state index in [2.05, 4.69) is 108 Å². The minimum absolute atomic E-state index is 0.148. The van der Waals surface area contributed by atoms with Gasteiger partial charge in [-0.05, 0) is 87.6 Å². The zero-order chi connectivity index (χ0) is 27.5. The molecule has 1 N–H and O–H groups in total. The quantitative estimate of drug-likeness (QED) is 0.179. The van der Waals surface area contributed by atoms with Crippen LogP contribution in [0.5, 0.6) is 0 Å². The van der Waals surface area contributed by atoms with Crippen LogP contribution >= 0.6 is 0 Å². The molecule has 0 bridgehead atoms. The minimum atomic E-state index is -1.09. The van der Waals surface area contributed by atoms with Crippen molar-refractivity contribution in [1.29, 1.82) is 0 Å². The van der Waals surface area contributed by atoms with Gasteiger partial charge >= 0.3 is 7.12 Å². The molecule has 5 aromatic carbocycles. The lowest BCUT2D eigenvalue weighted by atomic mass is 9.67. The number of rotatable bonds is 6. The maximum atomic E-state index is 11.5. The Morgan fingerprint density at radius 3 is 2.15 bits per heavy atom. The van der Waals surface area contributed by atoms with Gasteiger partial charge in [-0.3, -0.25) is 0 Å². The Labute approximate surface area is 230 Å². The molecule has 1 aromatic heterocycles. The molecule has 6 rings (SSSR count). The fraction of sp³-hybridized carbons (Fsp3) is 0.257. The summed E-state index contributed by atoms with van der Waals surface area (Å²) in [6.07, 6.45) is 0. The summed E-state index contributed by atoms with van der Waals surface area (Å²) in [6.45, 7) is 12.9. The average Bonchev–Trinajstić information content (AvgIpc) is 3.30. The zero-order valence-corrected chi connectivity index (χ0v) is 23.6.